The van der Waals surface area contributed by atoms with Gasteiger partial charge < -0.3 is 40.5 Å². The number of aliphatic carboxylic acids is 3. The van der Waals surface area contributed by atoms with Crippen LogP contribution in [0.25, 0.3) is 0 Å². The van der Waals surface area contributed by atoms with Crippen molar-refractivity contribution in [1.29, 1.82) is 0 Å². The molecule has 0 aromatic rings. The summed E-state index contributed by atoms with van der Waals surface area (Å²) in [5, 5.41) is 56.8. The molecule has 0 bridgehead atoms. The number of carbonyl (C=O) groups excluding carboxylic acids is 1. The monoisotopic (exact) mass is 424 g/mol. The van der Waals surface area contributed by atoms with E-state index in [4.69, 9.17) is 50.1 Å². The standard InChI is InChI=1S/C6H12O5.3C2H4O2.BrH/c7-2-4(9)1-5(10)6(11)3-8;3*1-2(3)4;/h2,4-6,8-11H,1,3H2;3*1H3,(H,3,4);1H/t4-,5+,6-;;;;/m1..../s1. The average molecular weight is 425 g/mol. The van der Waals surface area contributed by atoms with Crippen molar-refractivity contribution in [1.82, 2.24) is 0 Å². The van der Waals surface area contributed by atoms with Crippen molar-refractivity contribution >= 4 is 41.2 Å². The zero-order chi connectivity index (χ0) is 19.6. The van der Waals surface area contributed by atoms with Crippen LogP contribution >= 0.6 is 17.0 Å². The molecule has 0 aliphatic heterocycles. The highest BCUT2D eigenvalue weighted by Gasteiger charge is 2.18. The van der Waals surface area contributed by atoms with E-state index in [0.717, 1.165) is 20.8 Å². The Morgan fingerprint density at radius 3 is 1.25 bits per heavy atom. The van der Waals surface area contributed by atoms with Gasteiger partial charge in [0.1, 0.15) is 18.5 Å². The molecule has 0 saturated heterocycles. The number of carboxylic acid groups (broad SMARTS) is 3. The highest BCUT2D eigenvalue weighted by molar-refractivity contribution is 8.93. The van der Waals surface area contributed by atoms with E-state index in [1.165, 1.54) is 0 Å². The van der Waals surface area contributed by atoms with Crippen molar-refractivity contribution in [3.05, 3.63) is 0 Å². The topological polar surface area (TPSA) is 210 Å². The summed E-state index contributed by atoms with van der Waals surface area (Å²) in [4.78, 5) is 36.8. The van der Waals surface area contributed by atoms with Crippen LogP contribution < -0.4 is 0 Å². The fourth-order valence-electron chi connectivity index (χ4n) is 0.582. The van der Waals surface area contributed by atoms with Crippen molar-refractivity contribution in [2.45, 2.75) is 45.5 Å². The molecule has 146 valence electrons. The van der Waals surface area contributed by atoms with E-state index in [2.05, 4.69) is 0 Å². The minimum absolute atomic E-state index is 0. The van der Waals surface area contributed by atoms with Gasteiger partial charge >= 0.3 is 0 Å². The predicted molar refractivity (Wildman–Crippen MR) is 86.0 cm³/mol. The minimum atomic E-state index is -1.30. The molecular weight excluding hydrogens is 400 g/mol. The first-order valence-corrected chi connectivity index (χ1v) is 6.00. The fraction of sp³-hybridized carbons (Fsp3) is 0.667. The van der Waals surface area contributed by atoms with Crippen molar-refractivity contribution < 1.29 is 54.9 Å². The summed E-state index contributed by atoms with van der Waals surface area (Å²) in [6, 6.07) is 0. The van der Waals surface area contributed by atoms with Gasteiger partial charge in [-0.1, -0.05) is 0 Å². The molecule has 0 aliphatic carbocycles. The molecule has 0 aliphatic rings. The lowest BCUT2D eigenvalue weighted by molar-refractivity contribution is -0.135. The minimum Gasteiger partial charge on any atom is -0.481 e. The van der Waals surface area contributed by atoms with Crippen molar-refractivity contribution in [3.63, 3.8) is 0 Å². The summed E-state index contributed by atoms with van der Waals surface area (Å²) in [5.41, 5.74) is 0. The lowest BCUT2D eigenvalue weighted by atomic mass is 10.1. The number of aldehydes is 1. The predicted octanol–water partition coefficient (Wildman–Crippen LogP) is -1.50. The normalized spacial score (nSPS) is 11.8. The van der Waals surface area contributed by atoms with E-state index < -0.39 is 42.8 Å². The Balaban J connectivity index is -0.0000000772. The van der Waals surface area contributed by atoms with Crippen LogP contribution in [0.1, 0.15) is 27.2 Å². The van der Waals surface area contributed by atoms with Gasteiger partial charge in [-0.2, -0.15) is 0 Å². The van der Waals surface area contributed by atoms with Crippen LogP contribution in [-0.2, 0) is 19.2 Å². The number of aliphatic hydroxyl groups excluding tert-OH is 4. The van der Waals surface area contributed by atoms with Crippen LogP contribution in [0.4, 0.5) is 0 Å². The molecule has 7 N–H and O–H groups in total. The van der Waals surface area contributed by atoms with Crippen LogP contribution in [0.5, 0.6) is 0 Å². The molecule has 0 unspecified atom stereocenters. The van der Waals surface area contributed by atoms with E-state index in [1.54, 1.807) is 0 Å². The van der Waals surface area contributed by atoms with Crippen molar-refractivity contribution in [3.8, 4) is 0 Å². The number of halogens is 1. The molecule has 3 atom stereocenters. The first-order valence-electron chi connectivity index (χ1n) is 6.00. The van der Waals surface area contributed by atoms with E-state index in [0.29, 0.717) is 0 Å². The second kappa shape index (κ2) is 23.7. The summed E-state index contributed by atoms with van der Waals surface area (Å²) in [5.74, 6) is -2.50. The molecule has 0 amide bonds. The van der Waals surface area contributed by atoms with Crippen LogP contribution in [0.15, 0.2) is 0 Å². The summed E-state index contributed by atoms with van der Waals surface area (Å²) >= 11 is 0. The van der Waals surface area contributed by atoms with Crippen LogP contribution in [0.2, 0.25) is 0 Å². The van der Waals surface area contributed by atoms with Gasteiger partial charge in [-0.05, 0) is 0 Å². The smallest absolute Gasteiger partial charge is 0.300 e. The Bertz CT molecular complexity index is 294. The molecular formula is C12H25BrO11. The highest BCUT2D eigenvalue weighted by Crippen LogP contribution is 2.00. The third-order valence-electron chi connectivity index (χ3n) is 1.27. The third-order valence-corrected chi connectivity index (χ3v) is 1.27. The molecule has 24 heavy (non-hydrogen) atoms. The second-order valence-corrected chi connectivity index (χ2v) is 3.81. The number of hydrogen-bond acceptors (Lipinski definition) is 8. The lowest BCUT2D eigenvalue weighted by Gasteiger charge is -2.15. The Labute approximate surface area is 148 Å². The summed E-state index contributed by atoms with van der Waals surface area (Å²) < 4.78 is 0. The summed E-state index contributed by atoms with van der Waals surface area (Å²) in [7, 11) is 0. The molecule has 0 heterocycles. The maximum atomic E-state index is 9.85. The quantitative estimate of drug-likeness (QED) is 0.252. The molecule has 0 aromatic heterocycles. The van der Waals surface area contributed by atoms with Gasteiger partial charge in [-0.15, -0.1) is 17.0 Å². The molecule has 0 saturated carbocycles. The van der Waals surface area contributed by atoms with Gasteiger partial charge in [0.25, 0.3) is 17.9 Å². The summed E-state index contributed by atoms with van der Waals surface area (Å²) in [6.45, 7) is 2.66. The Hall–Kier alpha value is -1.60. The van der Waals surface area contributed by atoms with Crippen molar-refractivity contribution in [2.24, 2.45) is 0 Å². The molecule has 0 aromatic carbocycles. The Morgan fingerprint density at radius 2 is 1.08 bits per heavy atom. The van der Waals surface area contributed by atoms with Gasteiger partial charge in [-0.25, -0.2) is 0 Å². The van der Waals surface area contributed by atoms with Gasteiger partial charge in [0.15, 0.2) is 0 Å². The zero-order valence-corrected chi connectivity index (χ0v) is 15.1. The van der Waals surface area contributed by atoms with Gasteiger partial charge in [0.05, 0.1) is 12.7 Å². The first-order chi connectivity index (χ1) is 10.3. The van der Waals surface area contributed by atoms with Gasteiger partial charge in [0, 0.05) is 27.2 Å². The third kappa shape index (κ3) is 71.0. The van der Waals surface area contributed by atoms with Crippen LogP contribution in [-0.4, -0.2) is 84.9 Å². The average Bonchev–Trinajstić information content (AvgIpc) is 2.35. The maximum absolute atomic E-state index is 9.85. The molecule has 0 fully saturated rings. The molecule has 11 nitrogen and oxygen atoms in total. The van der Waals surface area contributed by atoms with Crippen LogP contribution in [0.3, 0.4) is 0 Å². The van der Waals surface area contributed by atoms with E-state index in [-0.39, 0.29) is 29.7 Å². The van der Waals surface area contributed by atoms with Crippen LogP contribution in [0, 0.1) is 0 Å². The largest absolute Gasteiger partial charge is 0.481 e. The number of aliphatic hydroxyl groups is 4. The number of carboxylic acids is 3. The van der Waals surface area contributed by atoms with E-state index in [1.807, 2.05) is 0 Å². The first kappa shape index (κ1) is 33.9. The number of carbonyl (C=O) groups is 4. The fourth-order valence-corrected chi connectivity index (χ4v) is 0.582. The molecule has 0 radical (unpaired) electrons. The lowest BCUT2D eigenvalue weighted by Crippen LogP contribution is -2.33. The Morgan fingerprint density at radius 1 is 0.833 bits per heavy atom. The number of hydrogen-bond donors (Lipinski definition) is 7. The van der Waals surface area contributed by atoms with Crippen molar-refractivity contribution in [2.75, 3.05) is 6.61 Å². The zero-order valence-electron chi connectivity index (χ0n) is 13.4. The Kier molecular flexibility index (Phi) is 33.4. The molecule has 0 spiro atoms. The molecule has 0 rings (SSSR count). The highest BCUT2D eigenvalue weighted by atomic mass is 79.9. The summed E-state index contributed by atoms with van der Waals surface area (Å²) in [6.07, 6.45) is -3.85. The molecule has 12 heteroatoms. The number of rotatable bonds is 5. The van der Waals surface area contributed by atoms with E-state index in [9.17, 15) is 4.79 Å². The SMILES string of the molecule is Br.CC(=O)O.CC(=O)O.CC(=O)O.O=C[C@H](O)C[C@H](O)[C@H](O)CO. The van der Waals surface area contributed by atoms with Gasteiger partial charge in [0.2, 0.25) is 0 Å². The van der Waals surface area contributed by atoms with E-state index >= 15 is 0 Å². The van der Waals surface area contributed by atoms with Gasteiger partial charge in [-0.3, -0.25) is 14.4 Å². The second-order valence-electron chi connectivity index (χ2n) is 3.81. The maximum Gasteiger partial charge on any atom is 0.300 e.